The highest BCUT2D eigenvalue weighted by molar-refractivity contribution is 8.13. The van der Waals surface area contributed by atoms with Crippen molar-refractivity contribution in [2.45, 2.75) is 24.3 Å². The van der Waals surface area contributed by atoms with Crippen LogP contribution in [0.1, 0.15) is 18.4 Å². The smallest absolute Gasteiger partial charge is 0.266 e. The molecule has 1 saturated heterocycles. The molecule has 4 heterocycles. The van der Waals surface area contributed by atoms with Gasteiger partial charge in [0.1, 0.15) is 28.4 Å². The van der Waals surface area contributed by atoms with Gasteiger partial charge in [-0.1, -0.05) is 23.4 Å². The first kappa shape index (κ1) is 21.5. The first-order valence-corrected chi connectivity index (χ1v) is 12.5. The van der Waals surface area contributed by atoms with Crippen molar-refractivity contribution in [2.75, 3.05) is 18.0 Å². The Morgan fingerprint density at radius 2 is 1.91 bits per heavy atom. The van der Waals surface area contributed by atoms with Crippen LogP contribution in [0.15, 0.2) is 58.3 Å². The lowest BCUT2D eigenvalue weighted by molar-refractivity contribution is 0.421. The molecule has 170 valence electrons. The van der Waals surface area contributed by atoms with Crippen molar-refractivity contribution in [3.8, 4) is 22.9 Å². The van der Waals surface area contributed by atoms with E-state index in [1.165, 1.54) is 18.5 Å². The molecule has 1 fully saturated rings. The Kier molecular flexibility index (Phi) is 5.59. The fourth-order valence-corrected chi connectivity index (χ4v) is 4.70. The van der Waals surface area contributed by atoms with Gasteiger partial charge in [-0.3, -0.25) is 4.68 Å². The summed E-state index contributed by atoms with van der Waals surface area (Å²) in [6, 6.07) is 9.79. The first-order chi connectivity index (χ1) is 15.9. The monoisotopic (exact) mass is 488 g/mol. The van der Waals surface area contributed by atoms with Crippen LogP contribution in [-0.4, -0.2) is 46.4 Å². The number of aromatic nitrogens is 5. The van der Waals surface area contributed by atoms with Crippen LogP contribution in [0.3, 0.4) is 0 Å². The predicted molar refractivity (Wildman–Crippen MR) is 119 cm³/mol. The molecule has 33 heavy (non-hydrogen) atoms. The third-order valence-corrected chi connectivity index (χ3v) is 6.70. The lowest BCUT2D eigenvalue weighted by Crippen LogP contribution is -2.22. The van der Waals surface area contributed by atoms with Gasteiger partial charge in [-0.15, -0.1) is 0 Å². The molecule has 0 unspecified atom stereocenters. The highest BCUT2D eigenvalue weighted by Gasteiger charge is 2.26. The highest BCUT2D eigenvalue weighted by atomic mass is 35.7. The summed E-state index contributed by atoms with van der Waals surface area (Å²) in [5.41, 5.74) is 1.90. The van der Waals surface area contributed by atoms with Crippen molar-refractivity contribution >= 4 is 25.6 Å². The van der Waals surface area contributed by atoms with Gasteiger partial charge in [0.05, 0.1) is 18.4 Å². The molecule has 0 aliphatic carbocycles. The summed E-state index contributed by atoms with van der Waals surface area (Å²) in [5.74, 6) is 0.113. The molecule has 5 rings (SSSR count). The van der Waals surface area contributed by atoms with Crippen LogP contribution in [0.4, 0.5) is 10.2 Å². The van der Waals surface area contributed by atoms with Crippen molar-refractivity contribution in [3.63, 3.8) is 0 Å². The van der Waals surface area contributed by atoms with Gasteiger partial charge in [-0.2, -0.15) is 5.10 Å². The second-order valence-corrected chi connectivity index (χ2v) is 10.1. The first-order valence-electron chi connectivity index (χ1n) is 10.2. The Labute approximate surface area is 193 Å². The van der Waals surface area contributed by atoms with E-state index in [1.54, 1.807) is 35.0 Å². The third kappa shape index (κ3) is 4.33. The quantitative estimate of drug-likeness (QED) is 0.378. The molecule has 0 atom stereocenters. The Bertz CT molecular complexity index is 1400. The molecule has 0 amide bonds. The van der Waals surface area contributed by atoms with Crippen LogP contribution in [0.25, 0.3) is 22.9 Å². The number of rotatable bonds is 6. The summed E-state index contributed by atoms with van der Waals surface area (Å²) in [4.78, 5) is 10.5. The van der Waals surface area contributed by atoms with Gasteiger partial charge >= 0.3 is 0 Å². The van der Waals surface area contributed by atoms with Crippen LogP contribution in [0.5, 0.6) is 0 Å². The number of hydrogen-bond acceptors (Lipinski definition) is 8. The minimum absolute atomic E-state index is 0.141. The lowest BCUT2D eigenvalue weighted by atomic mass is 10.2. The van der Waals surface area contributed by atoms with Crippen molar-refractivity contribution < 1.29 is 17.3 Å². The summed E-state index contributed by atoms with van der Waals surface area (Å²) in [6.07, 6.45) is 4.48. The molecule has 1 aliphatic heterocycles. The standard InChI is InChI=1S/C21H18ClFN6O3S/c22-33(30,31)19-12-24-20(25-21(19)28-8-3-4-9-28)17-11-18(16-7-10-32-27-16)29(26-17)13-14-5-1-2-6-15(14)23/h1-2,5-7,10-12H,3-4,8-9,13H2. The van der Waals surface area contributed by atoms with Gasteiger partial charge < -0.3 is 9.42 Å². The number of nitrogens with zero attached hydrogens (tertiary/aromatic N) is 6. The van der Waals surface area contributed by atoms with Crippen LogP contribution in [0, 0.1) is 5.82 Å². The molecule has 0 bridgehead atoms. The Morgan fingerprint density at radius 1 is 1.12 bits per heavy atom. The molecule has 12 heteroatoms. The Morgan fingerprint density at radius 3 is 2.61 bits per heavy atom. The largest absolute Gasteiger partial charge is 0.364 e. The van der Waals surface area contributed by atoms with Crippen LogP contribution in [-0.2, 0) is 15.6 Å². The number of halogens is 2. The minimum atomic E-state index is -4.04. The molecule has 1 aromatic carbocycles. The highest BCUT2D eigenvalue weighted by Crippen LogP contribution is 2.31. The van der Waals surface area contributed by atoms with E-state index in [4.69, 9.17) is 15.2 Å². The number of hydrogen-bond donors (Lipinski definition) is 0. The fraction of sp³-hybridized carbons (Fsp3) is 0.238. The van der Waals surface area contributed by atoms with Gasteiger partial charge in [0.25, 0.3) is 9.05 Å². The fourth-order valence-electron chi connectivity index (χ4n) is 3.80. The molecule has 0 saturated carbocycles. The average Bonchev–Trinajstić information content (AvgIpc) is 3.56. The summed E-state index contributed by atoms with van der Waals surface area (Å²) in [5, 5.41) is 8.54. The van der Waals surface area contributed by atoms with E-state index in [0.717, 1.165) is 12.8 Å². The molecular weight excluding hydrogens is 471 g/mol. The number of anilines is 1. The van der Waals surface area contributed by atoms with E-state index in [-0.39, 0.29) is 28.9 Å². The zero-order valence-corrected chi connectivity index (χ0v) is 18.8. The maximum Gasteiger partial charge on any atom is 0.266 e. The summed E-state index contributed by atoms with van der Waals surface area (Å²) in [7, 11) is 1.60. The van der Waals surface area contributed by atoms with E-state index < -0.39 is 9.05 Å². The van der Waals surface area contributed by atoms with Crippen LogP contribution >= 0.6 is 10.7 Å². The maximum absolute atomic E-state index is 14.3. The average molecular weight is 489 g/mol. The molecule has 4 aromatic rings. The molecule has 1 aliphatic rings. The third-order valence-electron chi connectivity index (χ3n) is 5.39. The second-order valence-electron chi connectivity index (χ2n) is 7.56. The Hall–Kier alpha value is -3.31. The van der Waals surface area contributed by atoms with E-state index >= 15 is 0 Å². The van der Waals surface area contributed by atoms with Crippen LogP contribution in [0.2, 0.25) is 0 Å². The molecule has 9 nitrogen and oxygen atoms in total. The minimum Gasteiger partial charge on any atom is -0.364 e. The normalized spacial score (nSPS) is 14.2. The van der Waals surface area contributed by atoms with Gasteiger partial charge in [0.2, 0.25) is 0 Å². The van der Waals surface area contributed by atoms with Crippen molar-refractivity contribution in [3.05, 3.63) is 60.2 Å². The van der Waals surface area contributed by atoms with Crippen molar-refractivity contribution in [2.24, 2.45) is 0 Å². The zero-order chi connectivity index (χ0) is 23.0. The predicted octanol–water partition coefficient (Wildman–Crippen LogP) is 3.71. The molecule has 3 aromatic heterocycles. The second kappa shape index (κ2) is 8.56. The van der Waals surface area contributed by atoms with Gasteiger partial charge in [0.15, 0.2) is 11.6 Å². The molecule has 0 radical (unpaired) electrons. The molecular formula is C21H18ClFN6O3S. The SMILES string of the molecule is O=S(=O)(Cl)c1cnc(-c2cc(-c3ccon3)n(Cc3ccccc3F)n2)nc1N1CCCC1. The van der Waals surface area contributed by atoms with Crippen molar-refractivity contribution in [1.82, 2.24) is 24.9 Å². The summed E-state index contributed by atoms with van der Waals surface area (Å²) in [6.45, 7) is 1.48. The van der Waals surface area contributed by atoms with E-state index in [2.05, 4.69) is 20.2 Å². The zero-order valence-electron chi connectivity index (χ0n) is 17.2. The summed E-state index contributed by atoms with van der Waals surface area (Å²) < 4.78 is 45.0. The van der Waals surface area contributed by atoms with E-state index in [1.807, 2.05) is 4.90 Å². The van der Waals surface area contributed by atoms with Gasteiger partial charge in [0, 0.05) is 35.4 Å². The van der Waals surface area contributed by atoms with E-state index in [9.17, 15) is 12.8 Å². The molecule has 0 N–H and O–H groups in total. The van der Waals surface area contributed by atoms with E-state index in [0.29, 0.717) is 35.7 Å². The van der Waals surface area contributed by atoms with Crippen molar-refractivity contribution in [1.29, 1.82) is 0 Å². The van der Waals surface area contributed by atoms with Gasteiger partial charge in [-0.25, -0.2) is 22.8 Å². The summed E-state index contributed by atoms with van der Waals surface area (Å²) >= 11 is 0. The molecule has 0 spiro atoms. The lowest BCUT2D eigenvalue weighted by Gasteiger charge is -2.18. The van der Waals surface area contributed by atoms with Crippen LogP contribution < -0.4 is 4.90 Å². The maximum atomic E-state index is 14.3. The Balaban J connectivity index is 1.61. The van der Waals surface area contributed by atoms with Gasteiger partial charge in [-0.05, 0) is 25.0 Å². The topological polar surface area (TPSA) is 107 Å². The number of benzene rings is 1.